The predicted molar refractivity (Wildman–Crippen MR) is 86.0 cm³/mol. The van der Waals surface area contributed by atoms with Gasteiger partial charge in [-0.3, -0.25) is 9.58 Å². The highest BCUT2D eigenvalue weighted by Gasteiger charge is 2.31. The Morgan fingerprint density at radius 1 is 1.36 bits per heavy atom. The van der Waals surface area contributed by atoms with Crippen molar-refractivity contribution in [2.24, 2.45) is 0 Å². The van der Waals surface area contributed by atoms with Crippen LogP contribution in [0.1, 0.15) is 50.8 Å². The number of rotatable bonds is 6. The monoisotopic (exact) mass is 326 g/mol. The van der Waals surface area contributed by atoms with Gasteiger partial charge in [0.25, 0.3) is 0 Å². The lowest BCUT2D eigenvalue weighted by atomic mass is 10.1. The Balaban J connectivity index is 1.64. The first-order valence-electron chi connectivity index (χ1n) is 8.33. The molecule has 0 amide bonds. The van der Waals surface area contributed by atoms with E-state index >= 15 is 0 Å². The smallest absolute Gasteiger partial charge is 0.211 e. The molecule has 6 nitrogen and oxygen atoms in total. The molecule has 1 aromatic heterocycles. The number of hydrogen-bond donors (Lipinski definition) is 1. The number of aromatic nitrogens is 2. The minimum atomic E-state index is -3.11. The molecule has 1 aliphatic carbocycles. The quantitative estimate of drug-likeness (QED) is 0.860. The molecule has 1 atom stereocenters. The summed E-state index contributed by atoms with van der Waals surface area (Å²) >= 11 is 0. The van der Waals surface area contributed by atoms with Gasteiger partial charge in [0.2, 0.25) is 10.0 Å². The highest BCUT2D eigenvalue weighted by molar-refractivity contribution is 7.89. The highest BCUT2D eigenvalue weighted by Crippen LogP contribution is 2.30. The summed E-state index contributed by atoms with van der Waals surface area (Å²) in [5.41, 5.74) is 1.25. The lowest BCUT2D eigenvalue weighted by Gasteiger charge is -2.37. The van der Waals surface area contributed by atoms with E-state index in [-0.39, 0.29) is 11.8 Å². The second-order valence-corrected chi connectivity index (χ2v) is 8.47. The number of nitrogens with zero attached hydrogens (tertiary/aromatic N) is 3. The van der Waals surface area contributed by atoms with Crippen LogP contribution in [0, 0.1) is 0 Å². The van der Waals surface area contributed by atoms with E-state index in [9.17, 15) is 8.42 Å². The molecular weight excluding hydrogens is 300 g/mol. The third-order valence-electron chi connectivity index (χ3n) is 4.93. The molecule has 1 aliphatic heterocycles. The third-order valence-corrected chi connectivity index (χ3v) is 6.33. The minimum Gasteiger partial charge on any atom is -0.292 e. The molecule has 1 aromatic rings. The summed E-state index contributed by atoms with van der Waals surface area (Å²) in [7, 11) is -3.11. The van der Waals surface area contributed by atoms with Crippen molar-refractivity contribution >= 4 is 10.0 Å². The second-order valence-electron chi connectivity index (χ2n) is 6.38. The van der Waals surface area contributed by atoms with Crippen LogP contribution in [0.2, 0.25) is 0 Å². The van der Waals surface area contributed by atoms with Crippen LogP contribution in [0.15, 0.2) is 12.3 Å². The van der Waals surface area contributed by atoms with Crippen LogP contribution >= 0.6 is 0 Å². The van der Waals surface area contributed by atoms with Crippen molar-refractivity contribution in [2.45, 2.75) is 57.7 Å². The van der Waals surface area contributed by atoms with Gasteiger partial charge < -0.3 is 0 Å². The SMILES string of the molecule is CCS(=O)(=O)NCC[C@@H]1CN(C2CCCC2)Cc2ccnn21. The molecule has 0 radical (unpaired) electrons. The topological polar surface area (TPSA) is 67.2 Å². The van der Waals surface area contributed by atoms with Gasteiger partial charge in [0.1, 0.15) is 0 Å². The molecule has 0 bridgehead atoms. The lowest BCUT2D eigenvalue weighted by Crippen LogP contribution is -2.43. The Morgan fingerprint density at radius 3 is 2.86 bits per heavy atom. The number of fused-ring (bicyclic) bond motifs is 1. The van der Waals surface area contributed by atoms with Gasteiger partial charge in [-0.1, -0.05) is 12.8 Å². The van der Waals surface area contributed by atoms with Gasteiger partial charge in [0.05, 0.1) is 17.5 Å². The average molecular weight is 326 g/mol. The van der Waals surface area contributed by atoms with Crippen LogP contribution in [0.4, 0.5) is 0 Å². The fourth-order valence-electron chi connectivity index (χ4n) is 3.66. The minimum absolute atomic E-state index is 0.138. The molecule has 124 valence electrons. The van der Waals surface area contributed by atoms with Gasteiger partial charge in [-0.15, -0.1) is 0 Å². The normalized spacial score (nSPS) is 23.8. The second kappa shape index (κ2) is 6.68. The largest absolute Gasteiger partial charge is 0.292 e. The van der Waals surface area contributed by atoms with Crippen LogP contribution in [0.25, 0.3) is 0 Å². The zero-order valence-corrected chi connectivity index (χ0v) is 14.1. The first-order valence-corrected chi connectivity index (χ1v) is 9.98. The van der Waals surface area contributed by atoms with Gasteiger partial charge >= 0.3 is 0 Å². The Labute approximate surface area is 132 Å². The van der Waals surface area contributed by atoms with Gasteiger partial charge in [0, 0.05) is 31.9 Å². The molecule has 2 aliphatic rings. The van der Waals surface area contributed by atoms with Crippen LogP contribution in [-0.4, -0.2) is 48.0 Å². The number of hydrogen-bond acceptors (Lipinski definition) is 4. The summed E-state index contributed by atoms with van der Waals surface area (Å²) in [6.45, 7) is 4.10. The van der Waals surface area contributed by atoms with Crippen molar-refractivity contribution in [2.75, 3.05) is 18.8 Å². The van der Waals surface area contributed by atoms with E-state index in [1.165, 1.54) is 31.4 Å². The maximum atomic E-state index is 11.6. The molecule has 0 saturated heterocycles. The van der Waals surface area contributed by atoms with E-state index in [0.717, 1.165) is 19.5 Å². The van der Waals surface area contributed by atoms with E-state index in [1.807, 2.05) is 6.20 Å². The molecule has 7 heteroatoms. The van der Waals surface area contributed by atoms with Crippen molar-refractivity contribution in [1.29, 1.82) is 0 Å². The van der Waals surface area contributed by atoms with E-state index in [2.05, 4.69) is 25.5 Å². The van der Waals surface area contributed by atoms with E-state index in [1.54, 1.807) is 6.92 Å². The molecule has 2 heterocycles. The number of nitrogens with one attached hydrogen (secondary N) is 1. The molecular formula is C15H26N4O2S. The van der Waals surface area contributed by atoms with E-state index in [4.69, 9.17) is 0 Å². The van der Waals surface area contributed by atoms with Gasteiger partial charge in [-0.2, -0.15) is 5.10 Å². The van der Waals surface area contributed by atoms with Crippen molar-refractivity contribution in [3.8, 4) is 0 Å². The van der Waals surface area contributed by atoms with Crippen LogP contribution in [0.3, 0.4) is 0 Å². The molecule has 1 N–H and O–H groups in total. The Hall–Kier alpha value is -0.920. The molecule has 22 heavy (non-hydrogen) atoms. The maximum absolute atomic E-state index is 11.6. The average Bonchev–Trinajstić information content (AvgIpc) is 3.18. The summed E-state index contributed by atoms with van der Waals surface area (Å²) in [5, 5.41) is 4.45. The number of sulfonamides is 1. The van der Waals surface area contributed by atoms with Gasteiger partial charge in [-0.05, 0) is 32.3 Å². The highest BCUT2D eigenvalue weighted by atomic mass is 32.2. The van der Waals surface area contributed by atoms with E-state index in [0.29, 0.717) is 12.6 Å². The third kappa shape index (κ3) is 3.52. The molecule has 0 spiro atoms. The molecule has 3 rings (SSSR count). The zero-order chi connectivity index (χ0) is 15.6. The summed E-state index contributed by atoms with van der Waals surface area (Å²) in [6, 6.07) is 3.04. The van der Waals surface area contributed by atoms with Gasteiger partial charge in [0.15, 0.2) is 0 Å². The van der Waals surface area contributed by atoms with Crippen molar-refractivity contribution in [3.05, 3.63) is 18.0 Å². The molecule has 1 saturated carbocycles. The van der Waals surface area contributed by atoms with Crippen molar-refractivity contribution in [3.63, 3.8) is 0 Å². The standard InChI is InChI=1S/C15H26N4O2S/c1-2-22(20,21)17-10-8-15-12-18(13-5-3-4-6-13)11-14-7-9-16-19(14)15/h7,9,13,15,17H,2-6,8,10-12H2,1H3/t15-/m1/s1. The zero-order valence-electron chi connectivity index (χ0n) is 13.2. The van der Waals surface area contributed by atoms with E-state index < -0.39 is 10.0 Å². The van der Waals surface area contributed by atoms with Crippen molar-refractivity contribution in [1.82, 2.24) is 19.4 Å². The van der Waals surface area contributed by atoms with Crippen LogP contribution in [0.5, 0.6) is 0 Å². The van der Waals surface area contributed by atoms with Crippen LogP contribution < -0.4 is 4.72 Å². The summed E-state index contributed by atoms with van der Waals surface area (Å²) in [5.74, 6) is 0.138. The summed E-state index contributed by atoms with van der Waals surface area (Å²) in [4.78, 5) is 2.57. The Bertz CT molecular complexity index is 592. The van der Waals surface area contributed by atoms with Crippen LogP contribution in [-0.2, 0) is 16.6 Å². The Kier molecular flexibility index (Phi) is 4.84. The lowest BCUT2D eigenvalue weighted by molar-refractivity contribution is 0.120. The summed E-state index contributed by atoms with van der Waals surface area (Å²) in [6.07, 6.45) is 7.91. The maximum Gasteiger partial charge on any atom is 0.211 e. The Morgan fingerprint density at radius 2 is 2.14 bits per heavy atom. The molecule has 0 aromatic carbocycles. The molecule has 0 unspecified atom stereocenters. The van der Waals surface area contributed by atoms with Gasteiger partial charge in [-0.25, -0.2) is 13.1 Å². The first-order chi connectivity index (χ1) is 10.6. The first kappa shape index (κ1) is 16.0. The fourth-order valence-corrected chi connectivity index (χ4v) is 4.29. The van der Waals surface area contributed by atoms with Crippen molar-refractivity contribution < 1.29 is 8.42 Å². The summed E-state index contributed by atoms with van der Waals surface area (Å²) < 4.78 is 27.9. The predicted octanol–water partition coefficient (Wildman–Crippen LogP) is 1.51. The fraction of sp³-hybridized carbons (Fsp3) is 0.800. The molecule has 1 fully saturated rings.